The van der Waals surface area contributed by atoms with Crippen molar-refractivity contribution in [1.82, 2.24) is 4.98 Å². The Morgan fingerprint density at radius 2 is 2.00 bits per heavy atom. The van der Waals surface area contributed by atoms with Gasteiger partial charge in [0, 0.05) is 36.1 Å². The molecule has 0 fully saturated rings. The number of rotatable bonds is 5. The smallest absolute Gasteiger partial charge is 0.127 e. The quantitative estimate of drug-likeness (QED) is 0.862. The van der Waals surface area contributed by atoms with E-state index >= 15 is 0 Å². The summed E-state index contributed by atoms with van der Waals surface area (Å²) in [6, 6.07) is 9.38. The van der Waals surface area contributed by atoms with Crippen LogP contribution in [0.1, 0.15) is 5.56 Å². The SMILES string of the molecule is COc1ccc(CNc2ccnc(N)c2)c(OC)c1. The lowest BCUT2D eigenvalue weighted by Crippen LogP contribution is -2.03. The molecule has 0 amide bonds. The number of ether oxygens (including phenoxy) is 2. The van der Waals surface area contributed by atoms with E-state index in [1.807, 2.05) is 24.3 Å². The fraction of sp³-hybridized carbons (Fsp3) is 0.214. The number of benzene rings is 1. The molecule has 5 nitrogen and oxygen atoms in total. The lowest BCUT2D eigenvalue weighted by Gasteiger charge is -2.12. The molecule has 0 bridgehead atoms. The summed E-state index contributed by atoms with van der Waals surface area (Å²) in [6.07, 6.45) is 1.67. The molecule has 0 atom stereocenters. The molecule has 0 saturated carbocycles. The topological polar surface area (TPSA) is 69.4 Å². The second kappa shape index (κ2) is 5.95. The molecule has 0 radical (unpaired) electrons. The Bertz CT molecular complexity index is 558. The summed E-state index contributed by atoms with van der Waals surface area (Å²) in [5.74, 6) is 2.05. The summed E-state index contributed by atoms with van der Waals surface area (Å²) in [7, 11) is 3.27. The molecule has 3 N–H and O–H groups in total. The predicted octanol–water partition coefficient (Wildman–Crippen LogP) is 2.29. The third kappa shape index (κ3) is 3.28. The number of nitrogens with one attached hydrogen (secondary N) is 1. The molecular formula is C14H17N3O2. The van der Waals surface area contributed by atoms with Gasteiger partial charge in [0.05, 0.1) is 14.2 Å². The van der Waals surface area contributed by atoms with E-state index in [0.717, 1.165) is 22.7 Å². The zero-order valence-electron chi connectivity index (χ0n) is 11.0. The fourth-order valence-electron chi connectivity index (χ4n) is 1.75. The fourth-order valence-corrected chi connectivity index (χ4v) is 1.75. The minimum Gasteiger partial charge on any atom is -0.497 e. The van der Waals surface area contributed by atoms with E-state index in [1.165, 1.54) is 0 Å². The summed E-state index contributed by atoms with van der Waals surface area (Å²) in [4.78, 5) is 3.95. The van der Waals surface area contributed by atoms with Crippen LogP contribution in [0, 0.1) is 0 Å². The molecule has 1 aromatic heterocycles. The minimum absolute atomic E-state index is 0.492. The first-order chi connectivity index (χ1) is 9.22. The van der Waals surface area contributed by atoms with E-state index in [2.05, 4.69) is 10.3 Å². The van der Waals surface area contributed by atoms with Gasteiger partial charge < -0.3 is 20.5 Å². The van der Waals surface area contributed by atoms with Crippen molar-refractivity contribution >= 4 is 11.5 Å². The standard InChI is InChI=1S/C14H17N3O2/c1-18-12-4-3-10(13(8-12)19-2)9-17-11-5-6-16-14(15)7-11/h3-8H,9H2,1-2H3,(H3,15,16,17). The summed E-state index contributed by atoms with van der Waals surface area (Å²) in [5, 5.41) is 3.27. The van der Waals surface area contributed by atoms with Crippen LogP contribution in [0.3, 0.4) is 0 Å². The van der Waals surface area contributed by atoms with Gasteiger partial charge in [0.25, 0.3) is 0 Å². The Balaban J connectivity index is 2.11. The van der Waals surface area contributed by atoms with Crippen molar-refractivity contribution in [3.05, 3.63) is 42.1 Å². The maximum Gasteiger partial charge on any atom is 0.127 e. The number of hydrogen-bond acceptors (Lipinski definition) is 5. The van der Waals surface area contributed by atoms with Gasteiger partial charge in [-0.25, -0.2) is 4.98 Å². The Morgan fingerprint density at radius 1 is 1.16 bits per heavy atom. The summed E-state index contributed by atoms with van der Waals surface area (Å²) >= 11 is 0. The molecular weight excluding hydrogens is 242 g/mol. The van der Waals surface area contributed by atoms with Gasteiger partial charge in [-0.15, -0.1) is 0 Å². The lowest BCUT2D eigenvalue weighted by molar-refractivity contribution is 0.391. The Kier molecular flexibility index (Phi) is 4.07. The molecule has 5 heteroatoms. The Morgan fingerprint density at radius 3 is 2.68 bits per heavy atom. The number of pyridine rings is 1. The van der Waals surface area contributed by atoms with Crippen molar-refractivity contribution in [3.8, 4) is 11.5 Å². The molecule has 0 aliphatic heterocycles. The van der Waals surface area contributed by atoms with Gasteiger partial charge in [0.1, 0.15) is 17.3 Å². The largest absolute Gasteiger partial charge is 0.497 e. The highest BCUT2D eigenvalue weighted by atomic mass is 16.5. The van der Waals surface area contributed by atoms with Crippen molar-refractivity contribution in [2.45, 2.75) is 6.54 Å². The van der Waals surface area contributed by atoms with Crippen LogP contribution in [0.5, 0.6) is 11.5 Å². The monoisotopic (exact) mass is 259 g/mol. The third-order valence-electron chi connectivity index (χ3n) is 2.76. The number of nitrogens with zero attached hydrogens (tertiary/aromatic N) is 1. The zero-order valence-corrected chi connectivity index (χ0v) is 11.0. The van der Waals surface area contributed by atoms with Gasteiger partial charge in [-0.2, -0.15) is 0 Å². The Labute approximate surface area is 112 Å². The van der Waals surface area contributed by atoms with Crippen LogP contribution in [0.4, 0.5) is 11.5 Å². The molecule has 0 saturated heterocycles. The molecule has 1 aromatic carbocycles. The number of nitrogens with two attached hydrogens (primary N) is 1. The van der Waals surface area contributed by atoms with Crippen LogP contribution < -0.4 is 20.5 Å². The van der Waals surface area contributed by atoms with Crippen LogP contribution in [-0.2, 0) is 6.54 Å². The highest BCUT2D eigenvalue weighted by molar-refractivity contribution is 5.51. The second-order valence-electron chi connectivity index (χ2n) is 4.00. The van der Waals surface area contributed by atoms with Crippen molar-refractivity contribution in [2.75, 3.05) is 25.3 Å². The van der Waals surface area contributed by atoms with Crippen LogP contribution in [0.2, 0.25) is 0 Å². The lowest BCUT2D eigenvalue weighted by atomic mass is 10.2. The van der Waals surface area contributed by atoms with Gasteiger partial charge in [0.15, 0.2) is 0 Å². The number of hydrogen-bond donors (Lipinski definition) is 2. The number of anilines is 2. The van der Waals surface area contributed by atoms with Gasteiger partial charge in [-0.05, 0) is 18.2 Å². The molecule has 0 aliphatic rings. The molecule has 100 valence electrons. The number of methoxy groups -OCH3 is 2. The molecule has 0 aliphatic carbocycles. The van der Waals surface area contributed by atoms with E-state index in [1.54, 1.807) is 26.5 Å². The highest BCUT2D eigenvalue weighted by Gasteiger charge is 2.05. The second-order valence-corrected chi connectivity index (χ2v) is 4.00. The van der Waals surface area contributed by atoms with Crippen LogP contribution >= 0.6 is 0 Å². The number of nitrogen functional groups attached to an aromatic ring is 1. The van der Waals surface area contributed by atoms with Crippen molar-refractivity contribution in [3.63, 3.8) is 0 Å². The third-order valence-corrected chi connectivity index (χ3v) is 2.76. The summed E-state index contributed by atoms with van der Waals surface area (Å²) in [5.41, 5.74) is 7.59. The first kappa shape index (κ1) is 13.0. The molecule has 1 heterocycles. The van der Waals surface area contributed by atoms with Crippen LogP contribution in [-0.4, -0.2) is 19.2 Å². The summed E-state index contributed by atoms with van der Waals surface area (Å²) in [6.45, 7) is 0.636. The first-order valence-corrected chi connectivity index (χ1v) is 5.89. The molecule has 2 rings (SSSR count). The van der Waals surface area contributed by atoms with E-state index < -0.39 is 0 Å². The van der Waals surface area contributed by atoms with Gasteiger partial charge in [0.2, 0.25) is 0 Å². The van der Waals surface area contributed by atoms with Crippen molar-refractivity contribution in [2.24, 2.45) is 0 Å². The average molecular weight is 259 g/mol. The Hall–Kier alpha value is -2.43. The van der Waals surface area contributed by atoms with E-state index in [4.69, 9.17) is 15.2 Å². The van der Waals surface area contributed by atoms with E-state index in [-0.39, 0.29) is 0 Å². The molecule has 0 unspecified atom stereocenters. The zero-order chi connectivity index (χ0) is 13.7. The maximum atomic E-state index is 5.63. The highest BCUT2D eigenvalue weighted by Crippen LogP contribution is 2.25. The van der Waals surface area contributed by atoms with E-state index in [9.17, 15) is 0 Å². The molecule has 2 aromatic rings. The number of aromatic nitrogens is 1. The summed E-state index contributed by atoms with van der Waals surface area (Å²) < 4.78 is 10.5. The van der Waals surface area contributed by atoms with E-state index in [0.29, 0.717) is 12.4 Å². The average Bonchev–Trinajstić information content (AvgIpc) is 2.45. The first-order valence-electron chi connectivity index (χ1n) is 5.89. The normalized spacial score (nSPS) is 10.0. The molecule has 0 spiro atoms. The molecule has 19 heavy (non-hydrogen) atoms. The van der Waals surface area contributed by atoms with Gasteiger partial charge in [-0.3, -0.25) is 0 Å². The van der Waals surface area contributed by atoms with Crippen LogP contribution in [0.25, 0.3) is 0 Å². The van der Waals surface area contributed by atoms with Crippen LogP contribution in [0.15, 0.2) is 36.5 Å². The minimum atomic E-state index is 0.492. The predicted molar refractivity (Wildman–Crippen MR) is 75.5 cm³/mol. The van der Waals surface area contributed by atoms with Gasteiger partial charge >= 0.3 is 0 Å². The van der Waals surface area contributed by atoms with Crippen molar-refractivity contribution in [1.29, 1.82) is 0 Å². The maximum absolute atomic E-state index is 5.63. The van der Waals surface area contributed by atoms with Gasteiger partial charge in [-0.1, -0.05) is 0 Å². The van der Waals surface area contributed by atoms with Crippen molar-refractivity contribution < 1.29 is 9.47 Å².